The predicted octanol–water partition coefficient (Wildman–Crippen LogP) is 4.47. The first-order chi connectivity index (χ1) is 11.1. The van der Waals surface area contributed by atoms with Crippen molar-refractivity contribution >= 4 is 22.9 Å². The molecule has 2 aromatic carbocycles. The zero-order valence-electron chi connectivity index (χ0n) is 11.6. The summed E-state index contributed by atoms with van der Waals surface area (Å²) in [5.74, 6) is -1.51. The van der Waals surface area contributed by atoms with Gasteiger partial charge in [0.15, 0.2) is 0 Å². The predicted molar refractivity (Wildman–Crippen MR) is 82.9 cm³/mol. The van der Waals surface area contributed by atoms with Gasteiger partial charge < -0.3 is 10.1 Å². The van der Waals surface area contributed by atoms with Crippen molar-refractivity contribution in [2.45, 2.75) is 0 Å². The summed E-state index contributed by atoms with van der Waals surface area (Å²) in [5, 5.41) is 4.67. The molecule has 0 aliphatic carbocycles. The van der Waals surface area contributed by atoms with Crippen molar-refractivity contribution in [3.05, 3.63) is 71.2 Å². The molecule has 0 aliphatic rings. The van der Waals surface area contributed by atoms with Gasteiger partial charge in [0.2, 0.25) is 0 Å². The van der Waals surface area contributed by atoms with Gasteiger partial charge in [0.25, 0.3) is 11.1 Å². The number of carbonyl (C=O) groups excluding carboxylic acids is 1. The number of halogens is 2. The highest BCUT2D eigenvalue weighted by Gasteiger charge is 2.10. The van der Waals surface area contributed by atoms with Gasteiger partial charge in [-0.25, -0.2) is 13.8 Å². The number of ether oxygens (including phenoxy) is 1. The molecule has 0 spiro atoms. The Kier molecular flexibility index (Phi) is 4.29. The van der Waals surface area contributed by atoms with E-state index in [1.807, 2.05) is 0 Å². The summed E-state index contributed by atoms with van der Waals surface area (Å²) < 4.78 is 31.8. The number of nitrogens with one attached hydrogen (secondary N) is 1. The lowest BCUT2D eigenvalue weighted by Gasteiger charge is -2.07. The molecule has 23 heavy (non-hydrogen) atoms. The van der Waals surface area contributed by atoms with Gasteiger partial charge in [-0.3, -0.25) is 4.79 Å². The maximum absolute atomic E-state index is 13.5. The van der Waals surface area contributed by atoms with E-state index in [4.69, 9.17) is 4.74 Å². The minimum Gasteiger partial charge on any atom is -0.431 e. The van der Waals surface area contributed by atoms with Crippen LogP contribution in [-0.4, -0.2) is 10.9 Å². The van der Waals surface area contributed by atoms with Gasteiger partial charge in [0, 0.05) is 23.2 Å². The van der Waals surface area contributed by atoms with Gasteiger partial charge in [0.05, 0.1) is 5.69 Å². The van der Waals surface area contributed by atoms with Crippen molar-refractivity contribution in [3.63, 3.8) is 0 Å². The third-order valence-corrected chi connectivity index (χ3v) is 3.56. The molecule has 0 bridgehead atoms. The summed E-state index contributed by atoms with van der Waals surface area (Å²) in [4.78, 5) is 16.0. The first kappa shape index (κ1) is 15.1. The summed E-state index contributed by atoms with van der Waals surface area (Å²) in [6.45, 7) is 0. The molecule has 116 valence electrons. The van der Waals surface area contributed by atoms with Crippen LogP contribution in [0.4, 0.5) is 14.5 Å². The van der Waals surface area contributed by atoms with Gasteiger partial charge in [0.1, 0.15) is 17.4 Å². The molecule has 0 saturated carbocycles. The third kappa shape index (κ3) is 3.70. The summed E-state index contributed by atoms with van der Waals surface area (Å²) in [6, 6.07) is 9.25. The molecule has 0 aliphatic heterocycles. The molecule has 7 heteroatoms. The van der Waals surface area contributed by atoms with Crippen molar-refractivity contribution < 1.29 is 18.3 Å². The van der Waals surface area contributed by atoms with E-state index in [0.717, 1.165) is 6.07 Å². The highest BCUT2D eigenvalue weighted by molar-refractivity contribution is 7.11. The molecule has 3 aromatic rings. The number of aromatic nitrogens is 1. The Morgan fingerprint density at radius 3 is 2.57 bits per heavy atom. The maximum atomic E-state index is 13.5. The standard InChI is InChI=1S/C16H10F2N2O2S/c17-11-3-6-14(13(18)9-11)20-15(21)10-1-4-12(5-2-10)22-16-19-7-8-23-16/h1-9H,(H,20,21). The van der Waals surface area contributed by atoms with Crippen LogP contribution in [-0.2, 0) is 0 Å². The Morgan fingerprint density at radius 2 is 1.91 bits per heavy atom. The van der Waals surface area contributed by atoms with Crippen molar-refractivity contribution in [1.82, 2.24) is 4.98 Å². The van der Waals surface area contributed by atoms with E-state index in [-0.39, 0.29) is 5.69 Å². The van der Waals surface area contributed by atoms with E-state index >= 15 is 0 Å². The van der Waals surface area contributed by atoms with Crippen molar-refractivity contribution in [2.24, 2.45) is 0 Å². The number of thiazole rings is 1. The SMILES string of the molecule is O=C(Nc1ccc(F)cc1F)c1ccc(Oc2nccs2)cc1. The first-order valence-electron chi connectivity index (χ1n) is 6.55. The Balaban J connectivity index is 1.70. The number of hydrogen-bond donors (Lipinski definition) is 1. The first-order valence-corrected chi connectivity index (χ1v) is 7.43. The molecule has 0 fully saturated rings. The van der Waals surface area contributed by atoms with E-state index in [0.29, 0.717) is 22.6 Å². The molecule has 1 N–H and O–H groups in total. The summed E-state index contributed by atoms with van der Waals surface area (Å²) in [6.07, 6.45) is 1.62. The third-order valence-electron chi connectivity index (χ3n) is 2.91. The lowest BCUT2D eigenvalue weighted by atomic mass is 10.2. The second kappa shape index (κ2) is 6.53. The topological polar surface area (TPSA) is 51.2 Å². The van der Waals surface area contributed by atoms with Crippen LogP contribution >= 0.6 is 11.3 Å². The fourth-order valence-corrected chi connectivity index (χ4v) is 2.33. The lowest BCUT2D eigenvalue weighted by Crippen LogP contribution is -2.12. The fourth-order valence-electron chi connectivity index (χ4n) is 1.82. The molecule has 0 radical (unpaired) electrons. The number of carbonyl (C=O) groups is 1. The van der Waals surface area contributed by atoms with Gasteiger partial charge in [-0.15, -0.1) is 0 Å². The molecule has 0 atom stereocenters. The van der Waals surface area contributed by atoms with Gasteiger partial charge in [-0.1, -0.05) is 11.3 Å². The Hall–Kier alpha value is -2.80. The summed E-state index contributed by atoms with van der Waals surface area (Å²) in [5.41, 5.74) is 0.236. The van der Waals surface area contributed by atoms with E-state index in [1.165, 1.54) is 17.4 Å². The minimum atomic E-state index is -0.831. The molecule has 4 nitrogen and oxygen atoms in total. The smallest absolute Gasteiger partial charge is 0.278 e. The number of nitrogens with zero attached hydrogens (tertiary/aromatic N) is 1. The number of hydrogen-bond acceptors (Lipinski definition) is 4. The summed E-state index contributed by atoms with van der Waals surface area (Å²) >= 11 is 1.35. The largest absolute Gasteiger partial charge is 0.431 e. The Labute approximate surface area is 134 Å². The molecule has 3 rings (SSSR count). The maximum Gasteiger partial charge on any atom is 0.278 e. The van der Waals surface area contributed by atoms with E-state index < -0.39 is 17.5 Å². The molecule has 1 aromatic heterocycles. The Morgan fingerprint density at radius 1 is 1.13 bits per heavy atom. The van der Waals surface area contributed by atoms with E-state index in [1.54, 1.807) is 35.8 Å². The molecule has 1 amide bonds. The van der Waals surface area contributed by atoms with E-state index in [2.05, 4.69) is 10.3 Å². The van der Waals surface area contributed by atoms with Crippen LogP contribution in [0.3, 0.4) is 0 Å². The molecule has 1 heterocycles. The average molecular weight is 332 g/mol. The van der Waals surface area contributed by atoms with Crippen LogP contribution in [0.25, 0.3) is 0 Å². The van der Waals surface area contributed by atoms with Crippen LogP contribution in [0.1, 0.15) is 10.4 Å². The number of anilines is 1. The normalized spacial score (nSPS) is 10.3. The van der Waals surface area contributed by atoms with Crippen LogP contribution in [0.5, 0.6) is 10.9 Å². The molecular formula is C16H10F2N2O2S. The van der Waals surface area contributed by atoms with Gasteiger partial charge >= 0.3 is 0 Å². The monoisotopic (exact) mass is 332 g/mol. The number of rotatable bonds is 4. The fraction of sp³-hybridized carbons (Fsp3) is 0. The van der Waals surface area contributed by atoms with Crippen LogP contribution < -0.4 is 10.1 Å². The lowest BCUT2D eigenvalue weighted by molar-refractivity contribution is 0.102. The summed E-state index contributed by atoms with van der Waals surface area (Å²) in [7, 11) is 0. The van der Waals surface area contributed by atoms with E-state index in [9.17, 15) is 13.6 Å². The van der Waals surface area contributed by atoms with Crippen molar-refractivity contribution in [2.75, 3.05) is 5.32 Å². The average Bonchev–Trinajstić information content (AvgIpc) is 3.04. The van der Waals surface area contributed by atoms with Crippen molar-refractivity contribution in [1.29, 1.82) is 0 Å². The number of benzene rings is 2. The van der Waals surface area contributed by atoms with Crippen LogP contribution in [0.2, 0.25) is 0 Å². The highest BCUT2D eigenvalue weighted by Crippen LogP contribution is 2.24. The zero-order chi connectivity index (χ0) is 16.2. The highest BCUT2D eigenvalue weighted by atomic mass is 32.1. The number of amides is 1. The quantitative estimate of drug-likeness (QED) is 0.767. The van der Waals surface area contributed by atoms with Gasteiger partial charge in [-0.2, -0.15) is 0 Å². The minimum absolute atomic E-state index is 0.0838. The zero-order valence-corrected chi connectivity index (χ0v) is 12.4. The van der Waals surface area contributed by atoms with Gasteiger partial charge in [-0.05, 0) is 36.4 Å². The molecule has 0 unspecified atom stereocenters. The van der Waals surface area contributed by atoms with Crippen LogP contribution in [0, 0.1) is 11.6 Å². The Bertz CT molecular complexity index is 821. The van der Waals surface area contributed by atoms with Crippen LogP contribution in [0.15, 0.2) is 54.0 Å². The second-order valence-corrected chi connectivity index (χ2v) is 5.36. The van der Waals surface area contributed by atoms with Crippen molar-refractivity contribution in [3.8, 4) is 10.9 Å². The second-order valence-electron chi connectivity index (χ2n) is 4.50. The molecular weight excluding hydrogens is 322 g/mol. The molecule has 0 saturated heterocycles.